The molecule has 2 aromatic carbocycles. The molecular weight excluding hydrogens is 562 g/mol. The zero-order valence-corrected chi connectivity index (χ0v) is 18.1. The van der Waals surface area contributed by atoms with Crippen molar-refractivity contribution in [2.75, 3.05) is 7.11 Å². The van der Waals surface area contributed by atoms with Gasteiger partial charge in [0, 0.05) is 5.56 Å². The minimum absolute atomic E-state index is 0.00380. The Morgan fingerprint density at radius 3 is 2.38 bits per heavy atom. The second kappa shape index (κ2) is 9.80. The molecule has 2 rings (SSSR count). The maximum atomic E-state index is 13.2. The Balaban J connectivity index is 2.20. The normalized spacial score (nSPS) is 12.5. The largest absolute Gasteiger partial charge is 0.493 e. The molecule has 0 fully saturated rings. The van der Waals surface area contributed by atoms with E-state index in [-0.39, 0.29) is 23.7 Å². The number of hydrogen-bond acceptors (Lipinski definition) is 5. The molecule has 13 heteroatoms. The van der Waals surface area contributed by atoms with Crippen LogP contribution in [0.3, 0.4) is 0 Å². The van der Waals surface area contributed by atoms with Gasteiger partial charge in [-0.05, 0) is 46.4 Å². The van der Waals surface area contributed by atoms with E-state index in [0.29, 0.717) is 26.3 Å². The van der Waals surface area contributed by atoms with Crippen LogP contribution in [0.25, 0.3) is 0 Å². The molecule has 172 valence electrons. The summed E-state index contributed by atoms with van der Waals surface area (Å²) in [5, 5.41) is 11.9. The van der Waals surface area contributed by atoms with Crippen molar-refractivity contribution >= 4 is 28.8 Å². The first kappa shape index (κ1) is 25.5. The molecule has 5 nitrogen and oxygen atoms in total. The second-order valence-corrected chi connectivity index (χ2v) is 7.27. The molecule has 0 aliphatic carbocycles. The third-order valence-electron chi connectivity index (χ3n) is 3.93. The molecule has 0 aromatic heterocycles. The van der Waals surface area contributed by atoms with Crippen LogP contribution in [0.15, 0.2) is 41.5 Å². The molecule has 0 saturated heterocycles. The molecular formula is C19H13F7IN3O2. The van der Waals surface area contributed by atoms with Crippen LogP contribution in [0.2, 0.25) is 0 Å². The van der Waals surface area contributed by atoms with Crippen molar-refractivity contribution in [3.05, 3.63) is 56.7 Å². The van der Waals surface area contributed by atoms with Crippen molar-refractivity contribution in [1.82, 2.24) is 5.43 Å². The first-order chi connectivity index (χ1) is 14.8. The molecule has 0 aliphatic heterocycles. The van der Waals surface area contributed by atoms with E-state index in [0.717, 1.165) is 0 Å². The van der Waals surface area contributed by atoms with Crippen molar-refractivity contribution in [3.8, 4) is 17.6 Å². The molecule has 32 heavy (non-hydrogen) atoms. The number of rotatable bonds is 8. The van der Waals surface area contributed by atoms with Gasteiger partial charge in [0.25, 0.3) is 0 Å². The Kier molecular flexibility index (Phi) is 7.81. The van der Waals surface area contributed by atoms with E-state index in [1.165, 1.54) is 19.2 Å². The number of halogens is 8. The van der Waals surface area contributed by atoms with E-state index in [1.807, 2.05) is 28.7 Å². The van der Waals surface area contributed by atoms with Gasteiger partial charge < -0.3 is 9.47 Å². The Bertz CT molecular complexity index is 1040. The Morgan fingerprint density at radius 2 is 1.78 bits per heavy atom. The molecule has 0 atom stereocenters. The monoisotopic (exact) mass is 575 g/mol. The lowest BCUT2D eigenvalue weighted by Crippen LogP contribution is -2.58. The molecule has 0 bridgehead atoms. The summed E-state index contributed by atoms with van der Waals surface area (Å²) >= 11 is 1.82. The highest BCUT2D eigenvalue weighted by molar-refractivity contribution is 14.1. The van der Waals surface area contributed by atoms with Crippen LogP contribution in [-0.4, -0.2) is 31.5 Å². The maximum absolute atomic E-state index is 13.2. The standard InChI is InChI=1S/C19H13F7IN3O2/c1-31-15-7-11(9-29-30-19(25,26)17(20,21)18(22,23)24)6-14(27)16(15)32-10-13-5-3-2-4-12(13)8-28/h2-7,9,30H,10H2,1H3/b29-9+. The fraction of sp³-hybridized carbons (Fsp3) is 0.263. The van der Waals surface area contributed by atoms with E-state index >= 15 is 0 Å². The third kappa shape index (κ3) is 5.53. The van der Waals surface area contributed by atoms with Gasteiger partial charge in [-0.1, -0.05) is 18.2 Å². The Hall–Kier alpha value is -2.76. The van der Waals surface area contributed by atoms with Crippen LogP contribution in [0, 0.1) is 14.9 Å². The van der Waals surface area contributed by atoms with Crippen molar-refractivity contribution in [2.24, 2.45) is 5.10 Å². The van der Waals surface area contributed by atoms with E-state index in [1.54, 1.807) is 24.3 Å². The number of nitriles is 1. The molecule has 0 spiro atoms. The molecule has 0 amide bonds. The van der Waals surface area contributed by atoms with Crippen LogP contribution in [0.5, 0.6) is 11.5 Å². The maximum Gasteiger partial charge on any atom is 0.462 e. The van der Waals surface area contributed by atoms with Crippen LogP contribution in [-0.2, 0) is 6.61 Å². The fourth-order valence-corrected chi connectivity index (χ4v) is 3.08. The number of methoxy groups -OCH3 is 1. The highest BCUT2D eigenvalue weighted by Gasteiger charge is 2.73. The lowest BCUT2D eigenvalue weighted by Gasteiger charge is -2.27. The fourth-order valence-electron chi connectivity index (χ4n) is 2.30. The van der Waals surface area contributed by atoms with Gasteiger partial charge in [0.2, 0.25) is 0 Å². The first-order valence-electron chi connectivity index (χ1n) is 8.45. The van der Waals surface area contributed by atoms with Gasteiger partial charge in [-0.3, -0.25) is 0 Å². The average molecular weight is 575 g/mol. The summed E-state index contributed by atoms with van der Waals surface area (Å²) in [5.41, 5.74) is 1.59. The van der Waals surface area contributed by atoms with Gasteiger partial charge in [-0.25, -0.2) is 5.43 Å². The highest BCUT2D eigenvalue weighted by Crippen LogP contribution is 2.45. The number of hydrogen-bond donors (Lipinski definition) is 1. The summed E-state index contributed by atoms with van der Waals surface area (Å²) < 4.78 is 100.0. The summed E-state index contributed by atoms with van der Waals surface area (Å²) in [5.74, 6) is -5.99. The van der Waals surface area contributed by atoms with Gasteiger partial charge in [0.15, 0.2) is 11.5 Å². The van der Waals surface area contributed by atoms with Gasteiger partial charge in [0.05, 0.1) is 28.5 Å². The Labute approximate surface area is 190 Å². The van der Waals surface area contributed by atoms with Crippen molar-refractivity contribution in [1.29, 1.82) is 5.26 Å². The van der Waals surface area contributed by atoms with Gasteiger partial charge >= 0.3 is 18.1 Å². The number of ether oxygens (including phenoxy) is 2. The summed E-state index contributed by atoms with van der Waals surface area (Å²) in [6.45, 7) is 0.00380. The number of nitrogens with zero attached hydrogens (tertiary/aromatic N) is 2. The quantitative estimate of drug-likeness (QED) is 0.149. The highest BCUT2D eigenvalue weighted by atomic mass is 127. The minimum atomic E-state index is -6.47. The number of alkyl halides is 7. The molecule has 0 aliphatic rings. The number of nitrogens with one attached hydrogen (secondary N) is 1. The predicted molar refractivity (Wildman–Crippen MR) is 108 cm³/mol. The minimum Gasteiger partial charge on any atom is -0.493 e. The van der Waals surface area contributed by atoms with Crippen molar-refractivity contribution in [3.63, 3.8) is 0 Å². The zero-order chi connectivity index (χ0) is 24.2. The van der Waals surface area contributed by atoms with Crippen molar-refractivity contribution in [2.45, 2.75) is 24.8 Å². The van der Waals surface area contributed by atoms with Gasteiger partial charge in [-0.2, -0.15) is 41.1 Å². The number of hydrazone groups is 1. The predicted octanol–water partition coefficient (Wildman–Crippen LogP) is 5.46. The van der Waals surface area contributed by atoms with Crippen molar-refractivity contribution < 1.29 is 40.2 Å². The van der Waals surface area contributed by atoms with E-state index in [2.05, 4.69) is 5.10 Å². The molecule has 1 N–H and O–H groups in total. The van der Waals surface area contributed by atoms with Gasteiger partial charge in [0.1, 0.15) is 6.61 Å². The van der Waals surface area contributed by atoms with E-state index in [4.69, 9.17) is 14.7 Å². The van der Waals surface area contributed by atoms with Crippen LogP contribution in [0.1, 0.15) is 16.7 Å². The number of benzene rings is 2. The third-order valence-corrected chi connectivity index (χ3v) is 4.73. The molecule has 0 radical (unpaired) electrons. The smallest absolute Gasteiger partial charge is 0.462 e. The summed E-state index contributed by atoms with van der Waals surface area (Å²) in [6.07, 6.45) is -5.85. The first-order valence-corrected chi connectivity index (χ1v) is 9.53. The van der Waals surface area contributed by atoms with E-state index in [9.17, 15) is 30.7 Å². The summed E-state index contributed by atoms with van der Waals surface area (Å²) in [4.78, 5) is 0. The Morgan fingerprint density at radius 1 is 1.12 bits per heavy atom. The summed E-state index contributed by atoms with van der Waals surface area (Å²) in [6, 6.07) is 5.62. The lowest BCUT2D eigenvalue weighted by atomic mass is 10.1. The van der Waals surface area contributed by atoms with E-state index < -0.39 is 18.1 Å². The zero-order valence-electron chi connectivity index (χ0n) is 16.0. The lowest BCUT2D eigenvalue weighted by molar-refractivity contribution is -0.361. The topological polar surface area (TPSA) is 66.6 Å². The SMILES string of the molecule is COc1cc(/C=N/NC(F)(F)C(F)(F)C(F)(F)F)cc(I)c1OCc1ccccc1C#N. The molecule has 0 unspecified atom stereocenters. The average Bonchev–Trinajstić information content (AvgIpc) is 2.71. The summed E-state index contributed by atoms with van der Waals surface area (Å²) in [7, 11) is 1.28. The molecule has 0 heterocycles. The van der Waals surface area contributed by atoms with Crippen LogP contribution < -0.4 is 14.9 Å². The molecule has 2 aromatic rings. The van der Waals surface area contributed by atoms with Crippen LogP contribution >= 0.6 is 22.6 Å². The van der Waals surface area contributed by atoms with Gasteiger partial charge in [-0.15, -0.1) is 0 Å². The second-order valence-electron chi connectivity index (χ2n) is 6.11. The molecule has 0 saturated carbocycles. The van der Waals surface area contributed by atoms with Crippen LogP contribution in [0.4, 0.5) is 30.7 Å².